The van der Waals surface area contributed by atoms with Crippen LogP contribution in [-0.4, -0.2) is 251 Å². The third-order valence-electron chi connectivity index (χ3n) is 20.8. The van der Waals surface area contributed by atoms with Crippen molar-refractivity contribution in [1.29, 1.82) is 0 Å². The molecule has 0 unspecified atom stereocenters. The molecule has 24 nitrogen and oxygen atoms in total. The number of nitrogens with one attached hydrogen (secondary N) is 3. The summed E-state index contributed by atoms with van der Waals surface area (Å²) in [4.78, 5) is 189. The van der Waals surface area contributed by atoms with Crippen molar-refractivity contribution in [3.63, 3.8) is 0 Å². The van der Waals surface area contributed by atoms with Gasteiger partial charge in [0.05, 0.1) is 18.5 Å². The molecule has 3 heterocycles. The van der Waals surface area contributed by atoms with Crippen molar-refractivity contribution in [2.24, 2.45) is 17.8 Å². The van der Waals surface area contributed by atoms with Crippen LogP contribution < -0.4 is 16.0 Å². The average molecular weight is 1390 g/mol. The highest BCUT2D eigenvalue weighted by molar-refractivity contribution is 6.01. The summed E-state index contributed by atoms with van der Waals surface area (Å²) in [6, 6.07) is -2.15. The van der Waals surface area contributed by atoms with Gasteiger partial charge >= 0.3 is 6.18 Å². The van der Waals surface area contributed by atoms with Crippen molar-refractivity contribution >= 4 is 70.9 Å². The first kappa shape index (κ1) is 79.8. The molecule has 4 aliphatic rings. The van der Waals surface area contributed by atoms with Gasteiger partial charge in [-0.15, -0.1) is 0 Å². The molecule has 3 saturated heterocycles. The quantitative estimate of drug-likeness (QED) is 0.247. The van der Waals surface area contributed by atoms with Gasteiger partial charge in [0.15, 0.2) is 0 Å². The summed E-state index contributed by atoms with van der Waals surface area (Å²) < 4.78 is 56.2. The Morgan fingerprint density at radius 1 is 0.657 bits per heavy atom. The van der Waals surface area contributed by atoms with E-state index < -0.39 is 173 Å². The van der Waals surface area contributed by atoms with Gasteiger partial charge in [-0.2, -0.15) is 13.2 Å². The molecule has 3 N–H and O–H groups in total. The maximum absolute atomic E-state index is 15.4. The van der Waals surface area contributed by atoms with Gasteiger partial charge < -0.3 is 60.0 Å². The van der Waals surface area contributed by atoms with Crippen molar-refractivity contribution in [2.45, 2.75) is 211 Å². The molecule has 1 spiro atoms. The van der Waals surface area contributed by atoms with Crippen LogP contribution in [0.3, 0.4) is 0 Å². The van der Waals surface area contributed by atoms with E-state index in [1.165, 1.54) is 97.6 Å². The van der Waals surface area contributed by atoms with E-state index in [9.17, 15) is 56.3 Å². The van der Waals surface area contributed by atoms with Crippen molar-refractivity contribution in [2.75, 3.05) is 76.0 Å². The number of carbonyl (C=O) groups excluding carboxylic acids is 12. The fraction of sp³-hybridized carbons (Fsp3) is 0.662. The lowest BCUT2D eigenvalue weighted by molar-refractivity contribution is -0.160. The van der Waals surface area contributed by atoms with Gasteiger partial charge in [-0.1, -0.05) is 103 Å². The smallest absolute Gasteiger partial charge is 0.347 e. The number of fused-ring (bicyclic) bond motifs is 2. The fourth-order valence-corrected chi connectivity index (χ4v) is 13.8. The van der Waals surface area contributed by atoms with E-state index in [1.807, 2.05) is 46.8 Å². The van der Waals surface area contributed by atoms with Crippen molar-refractivity contribution in [3.8, 4) is 0 Å². The molecule has 1 saturated carbocycles. The molecule has 0 radical (unpaired) electrons. The SMILES string of the molecule is CC[C@H](C)[C@@H]1NC(=O)[C@H](CC(C)C)N(C)C(=O)C[C@@H](C(=O)N(C)C)N(C)C(=O)[C@H]([C@@H](C)CC)N(C)C(=O)C2(CCCC2)NC(=O)[C@@H]2CCCN2C(=O)[C@H](CCc2ccc(C(F)(F)F)c(F)c2)NC(=O)CN(C)C(=O)[C@H](Cc2ccc(C)cc2)N(C)C(=O)[C@@H]2CCN2C(=O)[C@H](C)N(C)C1=O. The van der Waals surface area contributed by atoms with Gasteiger partial charge in [0, 0.05) is 75.9 Å². The first-order chi connectivity index (χ1) is 46.3. The number of alkyl halides is 3. The second-order valence-corrected chi connectivity index (χ2v) is 28.4. The van der Waals surface area contributed by atoms with Crippen LogP contribution in [0.5, 0.6) is 0 Å². The van der Waals surface area contributed by atoms with Crippen LogP contribution in [0.2, 0.25) is 0 Å². The maximum Gasteiger partial charge on any atom is 0.419 e. The molecule has 11 atom stereocenters. The zero-order valence-corrected chi connectivity index (χ0v) is 60.4. The van der Waals surface area contributed by atoms with E-state index >= 15 is 18.8 Å². The Kier molecular flexibility index (Phi) is 27.2. The van der Waals surface area contributed by atoms with E-state index in [0.717, 1.165) is 21.4 Å². The summed E-state index contributed by atoms with van der Waals surface area (Å²) in [5.74, 6) is -11.3. The molecule has 28 heteroatoms. The Bertz CT molecular complexity index is 3310. The van der Waals surface area contributed by atoms with E-state index in [2.05, 4.69) is 16.0 Å². The highest BCUT2D eigenvalue weighted by Gasteiger charge is 2.51. The third-order valence-corrected chi connectivity index (χ3v) is 20.8. The van der Waals surface area contributed by atoms with E-state index in [0.29, 0.717) is 43.4 Å². The number of carbonyl (C=O) groups is 12. The van der Waals surface area contributed by atoms with Gasteiger partial charge in [-0.25, -0.2) is 4.39 Å². The van der Waals surface area contributed by atoms with Crippen LogP contribution in [0.25, 0.3) is 0 Å². The first-order valence-electron chi connectivity index (χ1n) is 34.5. The lowest BCUT2D eigenvalue weighted by Crippen LogP contribution is -2.65. The first-order valence-corrected chi connectivity index (χ1v) is 34.5. The number of aryl methyl sites for hydroxylation is 2. The molecule has 2 aromatic carbocycles. The number of halogens is 4. The molecular formula is C71H104F4N12O12. The molecule has 548 valence electrons. The summed E-state index contributed by atoms with van der Waals surface area (Å²) in [7, 11) is 11.2. The molecule has 4 fully saturated rings. The van der Waals surface area contributed by atoms with Crippen LogP contribution in [0.4, 0.5) is 17.6 Å². The average Bonchev–Trinajstić information content (AvgIpc) is 1.35. The van der Waals surface area contributed by atoms with Crippen molar-refractivity contribution in [1.82, 2.24) is 60.0 Å². The predicted molar refractivity (Wildman–Crippen MR) is 360 cm³/mol. The van der Waals surface area contributed by atoms with E-state index in [4.69, 9.17) is 0 Å². The number of nitrogens with zero attached hydrogens (tertiary/aromatic N) is 9. The molecule has 2 aromatic rings. The molecule has 12 amide bonds. The molecule has 0 bridgehead atoms. The number of amides is 12. The Morgan fingerprint density at radius 2 is 1.26 bits per heavy atom. The van der Waals surface area contributed by atoms with Crippen LogP contribution in [0, 0.1) is 30.5 Å². The van der Waals surface area contributed by atoms with E-state index in [-0.39, 0.29) is 82.4 Å². The topological polar surface area (TPSA) is 270 Å². The molecule has 1 aliphatic carbocycles. The second kappa shape index (κ2) is 33.8. The minimum Gasteiger partial charge on any atom is -0.347 e. The zero-order valence-electron chi connectivity index (χ0n) is 60.4. The van der Waals surface area contributed by atoms with Crippen molar-refractivity contribution in [3.05, 3.63) is 70.5 Å². The second-order valence-electron chi connectivity index (χ2n) is 28.4. The molecular weight excluding hydrogens is 1290 g/mol. The number of benzene rings is 2. The third kappa shape index (κ3) is 18.6. The number of rotatable bonds is 12. The van der Waals surface area contributed by atoms with Gasteiger partial charge in [0.25, 0.3) is 0 Å². The monoisotopic (exact) mass is 1390 g/mol. The van der Waals surface area contributed by atoms with Gasteiger partial charge in [-0.05, 0) is 106 Å². The van der Waals surface area contributed by atoms with Crippen molar-refractivity contribution < 1.29 is 75.1 Å². The summed E-state index contributed by atoms with van der Waals surface area (Å²) in [5, 5.41) is 8.56. The van der Waals surface area contributed by atoms with Gasteiger partial charge in [-0.3, -0.25) is 57.5 Å². The highest BCUT2D eigenvalue weighted by Crippen LogP contribution is 2.36. The Balaban J connectivity index is 1.45. The largest absolute Gasteiger partial charge is 0.419 e. The Morgan fingerprint density at radius 3 is 1.82 bits per heavy atom. The zero-order chi connectivity index (χ0) is 74.0. The number of hydrogen-bond donors (Lipinski definition) is 3. The molecule has 0 aromatic heterocycles. The minimum absolute atomic E-state index is 0.0252. The summed E-state index contributed by atoms with van der Waals surface area (Å²) in [6.07, 6.45) is -3.74. The fourth-order valence-electron chi connectivity index (χ4n) is 13.8. The molecule has 3 aliphatic heterocycles. The van der Waals surface area contributed by atoms with Crippen LogP contribution >= 0.6 is 0 Å². The Labute approximate surface area is 579 Å². The predicted octanol–water partition coefficient (Wildman–Crippen LogP) is 4.56. The minimum atomic E-state index is -5.01. The summed E-state index contributed by atoms with van der Waals surface area (Å²) >= 11 is 0. The summed E-state index contributed by atoms with van der Waals surface area (Å²) in [5.41, 5.74) is -1.57. The standard InChI is InChI=1S/C71H104F4N12O12/c1-17-43(6)58-67(97)81(12)45(8)62(92)87-35-31-52(87)66(96)83(14)54(38-47-25-23-42(5)24-26-47)65(95)80(11)40-56(88)76-50(30-28-46-27-29-48(49(72)37-46)71(73,74)75)63(93)86-34-21-22-51(86)61(91)78-70(32-19-20-33-70)69(99)85(16)59(44(7)18-2)68(98)84(15)55(64(94)79(9)10)39-57(89)82(13)53(36-41(3)4)60(90)77-58/h23-27,29,37,41,43-45,50-55,58-59H,17-22,28,30-36,38-40H2,1-16H3,(H,76,88)(H,77,90)(H,78,91)/t43-,44-,45-,50-,51-,52-,53-,54-,55-,58-,59-/m0/s1. The van der Waals surface area contributed by atoms with Gasteiger partial charge in [0.2, 0.25) is 70.9 Å². The maximum atomic E-state index is 15.4. The normalized spacial score (nSPS) is 26.1. The number of hydrogen-bond acceptors (Lipinski definition) is 12. The molecule has 99 heavy (non-hydrogen) atoms. The van der Waals surface area contributed by atoms with E-state index in [1.54, 1.807) is 26.0 Å². The van der Waals surface area contributed by atoms with Crippen LogP contribution in [-0.2, 0) is 76.6 Å². The van der Waals surface area contributed by atoms with Crippen LogP contribution in [0.1, 0.15) is 148 Å². The van der Waals surface area contributed by atoms with Crippen LogP contribution in [0.15, 0.2) is 42.5 Å². The molecule has 6 rings (SSSR count). The Hall–Kier alpha value is -8.20. The summed E-state index contributed by atoms with van der Waals surface area (Å²) in [6.45, 7) is 13.5. The van der Waals surface area contributed by atoms with Gasteiger partial charge in [0.1, 0.15) is 65.7 Å². The number of likely N-dealkylation sites (N-methyl/N-ethyl adjacent to an activating group) is 7. The lowest BCUT2D eigenvalue weighted by atomic mass is 9.90. The lowest BCUT2D eigenvalue weighted by Gasteiger charge is -2.45. The highest BCUT2D eigenvalue weighted by atomic mass is 19.4.